The summed E-state index contributed by atoms with van der Waals surface area (Å²) in [5, 5.41) is 8.11. The fourth-order valence-corrected chi connectivity index (χ4v) is 4.78. The van der Waals surface area contributed by atoms with Crippen molar-refractivity contribution in [3.05, 3.63) is 83.0 Å². The fourth-order valence-electron chi connectivity index (χ4n) is 4.78. The van der Waals surface area contributed by atoms with Crippen molar-refractivity contribution in [1.29, 1.82) is 0 Å². The van der Waals surface area contributed by atoms with Crippen molar-refractivity contribution in [3.63, 3.8) is 0 Å². The zero-order chi connectivity index (χ0) is 30.6. The number of rotatable bonds is 9. The van der Waals surface area contributed by atoms with E-state index in [9.17, 15) is 27.6 Å². The monoisotopic (exact) mass is 594 g/mol. The first-order valence-electron chi connectivity index (χ1n) is 14.1. The lowest BCUT2D eigenvalue weighted by Gasteiger charge is -2.33. The Morgan fingerprint density at radius 1 is 0.884 bits per heavy atom. The molecule has 3 amide bonds. The van der Waals surface area contributed by atoms with Crippen LogP contribution < -0.4 is 16.0 Å². The van der Waals surface area contributed by atoms with Gasteiger partial charge in [-0.05, 0) is 67.4 Å². The van der Waals surface area contributed by atoms with Crippen molar-refractivity contribution in [3.8, 4) is 0 Å². The maximum atomic E-state index is 13.9. The molecule has 0 spiro atoms. The molecule has 1 saturated heterocycles. The molecule has 1 aliphatic heterocycles. The summed E-state index contributed by atoms with van der Waals surface area (Å²) >= 11 is 0. The molecule has 2 heterocycles. The number of amides is 3. The number of carbonyl (C=O) groups excluding carboxylic acids is 3. The van der Waals surface area contributed by atoms with Gasteiger partial charge in [-0.15, -0.1) is 0 Å². The number of nitrogens with one attached hydrogen (secondary N) is 3. The highest BCUT2D eigenvalue weighted by Crippen LogP contribution is 2.34. The van der Waals surface area contributed by atoms with Gasteiger partial charge >= 0.3 is 6.18 Å². The number of benzene rings is 2. The highest BCUT2D eigenvalue weighted by Gasteiger charge is 2.35. The predicted molar refractivity (Wildman–Crippen MR) is 157 cm³/mol. The van der Waals surface area contributed by atoms with Crippen LogP contribution in [-0.2, 0) is 28.7 Å². The number of likely N-dealkylation sites (N-methyl/N-ethyl adjacent to an activating group) is 1. The first kappa shape index (κ1) is 30.2. The van der Waals surface area contributed by atoms with Crippen LogP contribution in [0.3, 0.4) is 0 Å². The molecule has 2 aliphatic rings. The molecule has 0 radical (unpaired) electrons. The number of hydrogen-bond acceptors (Lipinski definition) is 6. The Balaban J connectivity index is 1.15. The molecule has 5 rings (SSSR count). The van der Waals surface area contributed by atoms with Gasteiger partial charge < -0.3 is 20.9 Å². The van der Waals surface area contributed by atoms with Gasteiger partial charge in [0.15, 0.2) is 0 Å². The summed E-state index contributed by atoms with van der Waals surface area (Å²) in [4.78, 5) is 45.4. The molecule has 0 unspecified atom stereocenters. The predicted octanol–water partition coefficient (Wildman–Crippen LogP) is 4.63. The summed E-state index contributed by atoms with van der Waals surface area (Å²) < 4.78 is 41.7. The third-order valence-corrected chi connectivity index (χ3v) is 7.49. The lowest BCUT2D eigenvalue weighted by molar-refractivity contribution is -0.138. The Bertz CT molecular complexity index is 1470. The molecule has 43 heavy (non-hydrogen) atoms. The lowest BCUT2D eigenvalue weighted by Crippen LogP contribution is -2.44. The quantitative estimate of drug-likeness (QED) is 0.334. The smallest absolute Gasteiger partial charge is 0.324 e. The van der Waals surface area contributed by atoms with E-state index < -0.39 is 17.6 Å². The van der Waals surface area contributed by atoms with Gasteiger partial charge in [-0.2, -0.15) is 13.2 Å². The Morgan fingerprint density at radius 2 is 1.58 bits per heavy atom. The van der Waals surface area contributed by atoms with Gasteiger partial charge in [0.05, 0.1) is 23.9 Å². The fraction of sp³-hybridized carbons (Fsp3) is 0.355. The third kappa shape index (κ3) is 8.39. The Labute approximate surface area is 247 Å². The number of hydrogen-bond donors (Lipinski definition) is 3. The molecular formula is C31H33F3N6O3. The van der Waals surface area contributed by atoms with Crippen LogP contribution in [0.15, 0.2) is 60.8 Å². The summed E-state index contributed by atoms with van der Waals surface area (Å²) in [6, 6.07) is 13.5. The van der Waals surface area contributed by atoms with Crippen molar-refractivity contribution < 1.29 is 27.6 Å². The number of aromatic nitrogens is 1. The summed E-state index contributed by atoms with van der Waals surface area (Å²) in [7, 11) is 1.98. The van der Waals surface area contributed by atoms with Crippen molar-refractivity contribution in [2.45, 2.75) is 32.0 Å². The second-order valence-corrected chi connectivity index (χ2v) is 11.0. The zero-order valence-electron chi connectivity index (χ0n) is 23.7. The van der Waals surface area contributed by atoms with E-state index in [1.165, 1.54) is 18.3 Å². The SMILES string of the molecule is CN1CCN(Cc2ccc(C(=O)Nc3ccc(CC(=O)Nc4ccc(NC(=O)C5CC5)nc4)cc3)cc2C(F)(F)F)CC1. The number of pyridine rings is 1. The van der Waals surface area contributed by atoms with Gasteiger partial charge in [0.1, 0.15) is 5.82 Å². The second kappa shape index (κ2) is 12.9. The Morgan fingerprint density at radius 3 is 2.21 bits per heavy atom. The molecule has 0 atom stereocenters. The highest BCUT2D eigenvalue weighted by atomic mass is 19.4. The van der Waals surface area contributed by atoms with E-state index in [0.29, 0.717) is 35.8 Å². The largest absolute Gasteiger partial charge is 0.416 e. The van der Waals surface area contributed by atoms with Crippen LogP contribution in [0.4, 0.5) is 30.4 Å². The van der Waals surface area contributed by atoms with Gasteiger partial charge in [0.25, 0.3) is 5.91 Å². The average Bonchev–Trinajstić information content (AvgIpc) is 3.82. The molecule has 0 bridgehead atoms. The van der Waals surface area contributed by atoms with Gasteiger partial charge in [0, 0.05) is 49.9 Å². The number of alkyl halides is 3. The maximum absolute atomic E-state index is 13.9. The molecule has 2 fully saturated rings. The first-order valence-corrected chi connectivity index (χ1v) is 14.1. The van der Waals surface area contributed by atoms with Crippen molar-refractivity contribution in [2.24, 2.45) is 5.92 Å². The van der Waals surface area contributed by atoms with Crippen LogP contribution in [0, 0.1) is 5.92 Å². The summed E-state index contributed by atoms with van der Waals surface area (Å²) in [5.41, 5.74) is 0.772. The topological polar surface area (TPSA) is 107 Å². The molecule has 226 valence electrons. The molecule has 1 aliphatic carbocycles. The van der Waals surface area contributed by atoms with E-state index in [1.54, 1.807) is 36.4 Å². The van der Waals surface area contributed by atoms with Crippen molar-refractivity contribution in [1.82, 2.24) is 14.8 Å². The Kier molecular flexibility index (Phi) is 9.07. The van der Waals surface area contributed by atoms with Gasteiger partial charge in [0.2, 0.25) is 11.8 Å². The minimum Gasteiger partial charge on any atom is -0.324 e. The molecule has 3 N–H and O–H groups in total. The summed E-state index contributed by atoms with van der Waals surface area (Å²) in [5.74, 6) is -0.517. The average molecular weight is 595 g/mol. The first-order chi connectivity index (χ1) is 20.5. The van der Waals surface area contributed by atoms with E-state index in [4.69, 9.17) is 0 Å². The third-order valence-electron chi connectivity index (χ3n) is 7.49. The number of halogens is 3. The van der Waals surface area contributed by atoms with Crippen molar-refractivity contribution in [2.75, 3.05) is 49.2 Å². The van der Waals surface area contributed by atoms with E-state index in [2.05, 4.69) is 25.8 Å². The van der Waals surface area contributed by atoms with E-state index in [-0.39, 0.29) is 41.8 Å². The normalized spacial score (nSPS) is 16.0. The molecule has 1 saturated carbocycles. The van der Waals surface area contributed by atoms with Gasteiger partial charge in [-0.25, -0.2) is 4.98 Å². The molecular weight excluding hydrogens is 561 g/mol. The van der Waals surface area contributed by atoms with Crippen LogP contribution in [0.2, 0.25) is 0 Å². The zero-order valence-corrected chi connectivity index (χ0v) is 23.7. The van der Waals surface area contributed by atoms with Gasteiger partial charge in [-0.1, -0.05) is 18.2 Å². The Hall–Kier alpha value is -4.29. The molecule has 2 aromatic carbocycles. The van der Waals surface area contributed by atoms with Gasteiger partial charge in [-0.3, -0.25) is 19.3 Å². The second-order valence-electron chi connectivity index (χ2n) is 11.0. The minimum absolute atomic E-state index is 0.0513. The molecule has 3 aromatic rings. The number of piperazine rings is 1. The number of anilines is 3. The van der Waals surface area contributed by atoms with Crippen LogP contribution >= 0.6 is 0 Å². The number of nitrogens with zero attached hydrogens (tertiary/aromatic N) is 3. The minimum atomic E-state index is -4.59. The van der Waals surface area contributed by atoms with E-state index in [0.717, 1.165) is 32.0 Å². The summed E-state index contributed by atoms with van der Waals surface area (Å²) in [6.07, 6.45) is -1.30. The lowest BCUT2D eigenvalue weighted by atomic mass is 10.0. The van der Waals surface area contributed by atoms with Crippen LogP contribution in [0.25, 0.3) is 0 Å². The van der Waals surface area contributed by atoms with Crippen LogP contribution in [-0.4, -0.2) is 65.7 Å². The number of carbonyl (C=O) groups is 3. The van der Waals surface area contributed by atoms with Crippen molar-refractivity contribution >= 4 is 34.9 Å². The van der Waals surface area contributed by atoms with Crippen LogP contribution in [0.1, 0.15) is 39.9 Å². The molecule has 12 heteroatoms. The highest BCUT2D eigenvalue weighted by molar-refractivity contribution is 6.04. The summed E-state index contributed by atoms with van der Waals surface area (Å²) in [6.45, 7) is 3.11. The maximum Gasteiger partial charge on any atom is 0.416 e. The molecule has 1 aromatic heterocycles. The van der Waals surface area contributed by atoms with E-state index in [1.807, 2.05) is 11.9 Å². The van der Waals surface area contributed by atoms with E-state index >= 15 is 0 Å². The molecule has 9 nitrogen and oxygen atoms in total. The standard InChI is InChI=1S/C31H33F3N6O3/c1-39-12-14-40(15-13-39)19-23-7-6-22(17-26(23)31(32,33)34)30(43)37-24-8-2-20(3-9-24)16-28(41)36-25-10-11-27(35-18-25)38-29(42)21-4-5-21/h2-3,6-11,17-18,21H,4-5,12-16,19H2,1H3,(H,36,41)(H,37,43)(H,35,38,42). The van der Waals surface area contributed by atoms with Crippen LogP contribution in [0.5, 0.6) is 0 Å².